The molecule has 0 bridgehead atoms. The third kappa shape index (κ3) is 20.2. The second kappa shape index (κ2) is 28.3. The van der Waals surface area contributed by atoms with Crippen molar-refractivity contribution in [1.82, 2.24) is 0 Å². The Labute approximate surface area is 415 Å². The number of hydrogen-bond donors (Lipinski definition) is 0. The fourth-order valence-corrected chi connectivity index (χ4v) is 8.46. The van der Waals surface area contributed by atoms with Crippen LogP contribution in [0.3, 0.4) is 0 Å². The van der Waals surface area contributed by atoms with E-state index >= 15 is 4.57 Å². The summed E-state index contributed by atoms with van der Waals surface area (Å²) in [6, 6.07) is 14.7. The Hall–Kier alpha value is -7.45. The fourth-order valence-electron chi connectivity index (χ4n) is 7.10. The number of carbonyl (C=O) groups is 6. The molecule has 0 amide bonds. The second-order valence-electron chi connectivity index (χ2n) is 16.5. The van der Waals surface area contributed by atoms with Gasteiger partial charge in [-0.3, -0.25) is 0 Å². The molecule has 3 aromatic rings. The van der Waals surface area contributed by atoms with Crippen LogP contribution in [0.1, 0.15) is 74.9 Å². The van der Waals surface area contributed by atoms with Crippen molar-refractivity contribution in [3.8, 4) is 17.2 Å². The molecule has 0 N–H and O–H groups in total. The van der Waals surface area contributed by atoms with Gasteiger partial charge in [0.25, 0.3) is 0 Å². The quantitative estimate of drug-likeness (QED) is 0.0264. The fraction of sp³-hybridized carbons (Fsp3) is 0.333. The average Bonchev–Trinajstić information content (AvgIpc) is 3.30. The monoisotopic (exact) mass is 998 g/mol. The van der Waals surface area contributed by atoms with Crippen molar-refractivity contribution >= 4 is 43.6 Å². The minimum absolute atomic E-state index is 0.0112. The van der Waals surface area contributed by atoms with Gasteiger partial charge in [0, 0.05) is 75.0 Å². The summed E-state index contributed by atoms with van der Waals surface area (Å²) >= 11 is 0. The van der Waals surface area contributed by atoms with Crippen LogP contribution in [0.5, 0.6) is 17.2 Å². The Kier molecular flexibility index (Phi) is 23.0. The molecule has 0 saturated heterocycles. The molecule has 6 atom stereocenters. The van der Waals surface area contributed by atoms with Crippen LogP contribution in [-0.2, 0) is 100 Å². The predicted octanol–water partition coefficient (Wildman–Crippen LogP) is 9.29. The Bertz CT molecular complexity index is 2240. The van der Waals surface area contributed by atoms with E-state index in [-0.39, 0.29) is 55.8 Å². The van der Waals surface area contributed by atoms with Gasteiger partial charge in [-0.1, -0.05) is 75.9 Å². The molecule has 0 radical (unpaired) electrons. The van der Waals surface area contributed by atoms with Gasteiger partial charge >= 0.3 is 43.6 Å². The Morgan fingerprint density at radius 2 is 0.577 bits per heavy atom. The van der Waals surface area contributed by atoms with Crippen molar-refractivity contribution in [2.24, 2.45) is 0 Å². The molecule has 3 rings (SSSR count). The largest absolute Gasteiger partial charge is 0.647 e. The van der Waals surface area contributed by atoms with Crippen LogP contribution in [0, 0.1) is 0 Å². The minimum Gasteiger partial charge on any atom is -0.459 e. The smallest absolute Gasteiger partial charge is 0.459 e. The molecule has 380 valence electrons. The number of hydrogen-bond acceptors (Lipinski definition) is 16. The zero-order chi connectivity index (χ0) is 52.8. The standard InChI is InChI=1S/C54H63O16P/c1-13-49(55)62-34(7)25-40-19-22-46(43(31-40)28-37(10)65-52(58)16-4)68-71(61,69-47-23-20-41(26-35(8)63-50(56)14-2)32-44(47)29-38(11)66-53(59)17-5)70-48-24-21-42(27-36(9)64-51(57)15-3)33-45(48)30-39(12)67-54(60)18-6/h13-24,31-39H,1-6,25-30H2,7-12H3. The summed E-state index contributed by atoms with van der Waals surface area (Å²) in [5, 5.41) is 0. The van der Waals surface area contributed by atoms with E-state index in [0.29, 0.717) is 33.4 Å². The summed E-state index contributed by atoms with van der Waals surface area (Å²) in [7, 11) is -5.01. The SMILES string of the molecule is C=CC(=O)OC(C)Cc1ccc(OP(=O)(Oc2ccc(CC(C)OC(=O)C=C)cc2CC(C)OC(=O)C=C)Oc2ccc(CC(C)OC(=O)C=C)cc2CC(C)OC(=O)C=C)c(CC(C)OC(=O)C=C)c1. The first kappa shape index (κ1) is 57.9. The summed E-state index contributed by atoms with van der Waals surface area (Å²) in [6.45, 7) is 30.8. The van der Waals surface area contributed by atoms with Crippen LogP contribution in [0.4, 0.5) is 0 Å². The minimum atomic E-state index is -5.01. The molecule has 0 spiro atoms. The zero-order valence-corrected chi connectivity index (χ0v) is 42.0. The Morgan fingerprint density at radius 3 is 0.775 bits per heavy atom. The summed E-state index contributed by atoms with van der Waals surface area (Å²) in [5.74, 6) is -3.94. The van der Waals surface area contributed by atoms with Gasteiger partial charge in [0.05, 0.1) is 0 Å². The molecule has 0 fully saturated rings. The van der Waals surface area contributed by atoms with Gasteiger partial charge < -0.3 is 42.0 Å². The first-order valence-corrected chi connectivity index (χ1v) is 24.1. The van der Waals surface area contributed by atoms with Crippen LogP contribution in [0.2, 0.25) is 0 Å². The maximum atomic E-state index is 15.8. The highest BCUT2D eigenvalue weighted by molar-refractivity contribution is 7.49. The van der Waals surface area contributed by atoms with Crippen LogP contribution in [-0.4, -0.2) is 72.4 Å². The van der Waals surface area contributed by atoms with Gasteiger partial charge in [0.2, 0.25) is 0 Å². The maximum absolute atomic E-state index is 15.8. The van der Waals surface area contributed by atoms with Crippen molar-refractivity contribution < 1.29 is 75.3 Å². The molecule has 0 aliphatic rings. The molecule has 6 unspecified atom stereocenters. The number of esters is 6. The molecule has 17 heteroatoms. The highest BCUT2D eigenvalue weighted by Gasteiger charge is 2.37. The molecule has 0 aliphatic carbocycles. The van der Waals surface area contributed by atoms with Gasteiger partial charge in [0.15, 0.2) is 0 Å². The molecular formula is C54H63O16P. The molecule has 71 heavy (non-hydrogen) atoms. The van der Waals surface area contributed by atoms with Crippen LogP contribution >= 0.6 is 7.82 Å². The lowest BCUT2D eigenvalue weighted by Crippen LogP contribution is -2.19. The normalized spacial score (nSPS) is 14.1. The summed E-state index contributed by atoms with van der Waals surface area (Å²) in [4.78, 5) is 73.0. The van der Waals surface area contributed by atoms with Crippen molar-refractivity contribution in [2.45, 2.75) is 117 Å². The van der Waals surface area contributed by atoms with E-state index in [1.54, 1.807) is 77.9 Å². The zero-order valence-electron chi connectivity index (χ0n) is 41.1. The molecule has 3 aromatic carbocycles. The third-order valence-electron chi connectivity index (χ3n) is 10.0. The topological polar surface area (TPSA) is 203 Å². The number of carbonyl (C=O) groups excluding carboxylic acids is 6. The van der Waals surface area contributed by atoms with E-state index in [9.17, 15) is 28.8 Å². The maximum Gasteiger partial charge on any atom is 0.647 e. The van der Waals surface area contributed by atoms with Crippen molar-refractivity contribution in [3.05, 3.63) is 164 Å². The van der Waals surface area contributed by atoms with Gasteiger partial charge in [0.1, 0.15) is 53.9 Å². The Balaban J connectivity index is 2.33. The lowest BCUT2D eigenvalue weighted by Gasteiger charge is -2.25. The molecule has 0 heterocycles. The third-order valence-corrected chi connectivity index (χ3v) is 11.3. The lowest BCUT2D eigenvalue weighted by molar-refractivity contribution is -0.143. The number of phosphoric acid groups is 1. The number of benzene rings is 3. The van der Waals surface area contributed by atoms with E-state index in [1.807, 2.05) is 0 Å². The molecule has 0 aliphatic heterocycles. The van der Waals surface area contributed by atoms with E-state index < -0.39 is 80.3 Å². The van der Waals surface area contributed by atoms with Gasteiger partial charge in [-0.15, -0.1) is 0 Å². The Morgan fingerprint density at radius 1 is 0.380 bits per heavy atom. The predicted molar refractivity (Wildman–Crippen MR) is 266 cm³/mol. The van der Waals surface area contributed by atoms with Crippen molar-refractivity contribution in [3.63, 3.8) is 0 Å². The first-order chi connectivity index (χ1) is 33.6. The molecule has 0 aromatic heterocycles. The van der Waals surface area contributed by atoms with Crippen LogP contribution in [0.25, 0.3) is 0 Å². The highest BCUT2D eigenvalue weighted by Crippen LogP contribution is 2.52. The van der Waals surface area contributed by atoms with E-state index in [0.717, 1.165) is 36.5 Å². The van der Waals surface area contributed by atoms with E-state index in [4.69, 9.17) is 42.0 Å². The number of rotatable bonds is 30. The molecule has 0 saturated carbocycles. The lowest BCUT2D eigenvalue weighted by atomic mass is 10.0. The summed E-state index contributed by atoms with van der Waals surface area (Å²) < 4.78 is 67.8. The first-order valence-electron chi connectivity index (χ1n) is 22.6. The summed E-state index contributed by atoms with van der Waals surface area (Å²) in [5.41, 5.74) is 3.15. The van der Waals surface area contributed by atoms with Gasteiger partial charge in [-0.2, -0.15) is 4.57 Å². The van der Waals surface area contributed by atoms with E-state index in [2.05, 4.69) is 39.5 Å². The highest BCUT2D eigenvalue weighted by atomic mass is 31.2. The van der Waals surface area contributed by atoms with Crippen LogP contribution in [0.15, 0.2) is 131 Å². The van der Waals surface area contributed by atoms with E-state index in [1.165, 1.54) is 18.2 Å². The van der Waals surface area contributed by atoms with Crippen LogP contribution < -0.4 is 13.6 Å². The van der Waals surface area contributed by atoms with Crippen molar-refractivity contribution in [1.29, 1.82) is 0 Å². The van der Waals surface area contributed by atoms with Crippen molar-refractivity contribution in [2.75, 3.05) is 0 Å². The number of phosphoric ester groups is 1. The number of ether oxygens (including phenoxy) is 6. The molecular weight excluding hydrogens is 936 g/mol. The second-order valence-corrected chi connectivity index (χ2v) is 17.9. The van der Waals surface area contributed by atoms with Gasteiger partial charge in [-0.05, 0) is 93.1 Å². The van der Waals surface area contributed by atoms with Gasteiger partial charge in [-0.25, -0.2) is 28.8 Å². The average molecular weight is 999 g/mol. The summed E-state index contributed by atoms with van der Waals surface area (Å²) in [6.07, 6.45) is 2.90. The molecule has 16 nitrogen and oxygen atoms in total.